The zero-order chi connectivity index (χ0) is 21.7. The summed E-state index contributed by atoms with van der Waals surface area (Å²) in [5, 5.41) is 5.74. The average Bonchev–Trinajstić information content (AvgIpc) is 2.70. The van der Waals surface area contributed by atoms with Gasteiger partial charge in [-0.1, -0.05) is 26.8 Å². The number of nitrogens with one attached hydrogen (secondary N) is 2. The van der Waals surface area contributed by atoms with E-state index in [0.29, 0.717) is 28.6 Å². The van der Waals surface area contributed by atoms with Gasteiger partial charge in [0.25, 0.3) is 0 Å². The van der Waals surface area contributed by atoms with Gasteiger partial charge in [0.05, 0.1) is 12.8 Å². The molecule has 6 nitrogen and oxygen atoms in total. The summed E-state index contributed by atoms with van der Waals surface area (Å²) in [6.45, 7) is 8.29. The van der Waals surface area contributed by atoms with E-state index in [9.17, 15) is 4.79 Å². The molecule has 6 heteroatoms. The Kier molecular flexibility index (Phi) is 6.26. The lowest BCUT2D eigenvalue weighted by Crippen LogP contribution is -2.20. The molecule has 0 radical (unpaired) electrons. The van der Waals surface area contributed by atoms with Crippen LogP contribution in [-0.2, 0) is 5.41 Å². The summed E-state index contributed by atoms with van der Waals surface area (Å²) in [4.78, 5) is 16.6. The van der Waals surface area contributed by atoms with Crippen LogP contribution in [0.5, 0.6) is 17.2 Å². The van der Waals surface area contributed by atoms with E-state index in [0.717, 1.165) is 11.1 Å². The second kappa shape index (κ2) is 8.86. The lowest BCUT2D eigenvalue weighted by molar-refractivity contribution is 0.262. The number of ether oxygens (including phenoxy) is 2. The third-order valence-electron chi connectivity index (χ3n) is 4.62. The maximum absolute atomic E-state index is 12.6. The number of aryl methyl sites for hydroxylation is 1. The van der Waals surface area contributed by atoms with Crippen LogP contribution < -0.4 is 20.1 Å². The summed E-state index contributed by atoms with van der Waals surface area (Å²) in [6, 6.07) is 14.5. The Morgan fingerprint density at radius 3 is 2.27 bits per heavy atom. The molecule has 2 amide bonds. The maximum atomic E-state index is 12.6. The summed E-state index contributed by atoms with van der Waals surface area (Å²) in [5.74, 6) is 2.03. The molecule has 0 aliphatic heterocycles. The van der Waals surface area contributed by atoms with Gasteiger partial charge in [0.1, 0.15) is 17.2 Å². The van der Waals surface area contributed by atoms with Crippen LogP contribution >= 0.6 is 0 Å². The number of carbonyl (C=O) groups excluding carboxylic acids is 1. The van der Waals surface area contributed by atoms with Gasteiger partial charge in [-0.3, -0.25) is 4.98 Å². The standard InChI is InChI=1S/C24H27N3O3/c1-16-14-18(7-9-21(16)30-19-10-12-25-13-11-19)26-23(28)27-20-15-17(24(2,3)4)6-8-22(20)29-5/h6-15H,1-5H3,(H2,26,27,28). The molecule has 3 rings (SSSR count). The van der Waals surface area contributed by atoms with E-state index < -0.39 is 0 Å². The smallest absolute Gasteiger partial charge is 0.323 e. The van der Waals surface area contributed by atoms with Gasteiger partial charge in [-0.2, -0.15) is 0 Å². The highest BCUT2D eigenvalue weighted by Gasteiger charge is 2.17. The zero-order valence-corrected chi connectivity index (χ0v) is 17.9. The highest BCUT2D eigenvalue weighted by atomic mass is 16.5. The van der Waals surface area contributed by atoms with Gasteiger partial charge < -0.3 is 20.1 Å². The SMILES string of the molecule is COc1ccc(C(C)(C)C)cc1NC(=O)Nc1ccc(Oc2ccncc2)c(C)c1. The molecular formula is C24H27N3O3. The van der Waals surface area contributed by atoms with Crippen LogP contribution in [0, 0.1) is 6.92 Å². The first-order valence-electron chi connectivity index (χ1n) is 9.71. The van der Waals surface area contributed by atoms with Gasteiger partial charge >= 0.3 is 6.03 Å². The lowest BCUT2D eigenvalue weighted by atomic mass is 9.87. The molecular weight excluding hydrogens is 378 g/mol. The van der Waals surface area contributed by atoms with Crippen LogP contribution in [0.1, 0.15) is 31.9 Å². The molecule has 0 unspecified atom stereocenters. The van der Waals surface area contributed by atoms with E-state index in [1.165, 1.54) is 0 Å². The van der Waals surface area contributed by atoms with E-state index in [1.54, 1.807) is 37.7 Å². The fourth-order valence-corrected chi connectivity index (χ4v) is 2.93. The van der Waals surface area contributed by atoms with Crippen molar-refractivity contribution in [1.82, 2.24) is 4.98 Å². The number of methoxy groups -OCH3 is 1. The van der Waals surface area contributed by atoms with Gasteiger partial charge in [-0.05, 0) is 65.9 Å². The Labute approximate surface area is 177 Å². The highest BCUT2D eigenvalue weighted by molar-refractivity contribution is 6.00. The molecule has 0 fully saturated rings. The normalized spacial score (nSPS) is 11.0. The molecule has 3 aromatic rings. The fourth-order valence-electron chi connectivity index (χ4n) is 2.93. The minimum Gasteiger partial charge on any atom is -0.495 e. The van der Waals surface area contributed by atoms with Crippen LogP contribution in [-0.4, -0.2) is 18.1 Å². The largest absolute Gasteiger partial charge is 0.495 e. The number of carbonyl (C=O) groups is 1. The fraction of sp³-hybridized carbons (Fsp3) is 0.250. The van der Waals surface area contributed by atoms with E-state index in [4.69, 9.17) is 9.47 Å². The van der Waals surface area contributed by atoms with Crippen LogP contribution in [0.4, 0.5) is 16.2 Å². The molecule has 2 N–H and O–H groups in total. The summed E-state index contributed by atoms with van der Waals surface area (Å²) in [7, 11) is 1.58. The molecule has 0 spiro atoms. The van der Waals surface area contributed by atoms with Crippen molar-refractivity contribution in [2.75, 3.05) is 17.7 Å². The van der Waals surface area contributed by atoms with E-state index in [-0.39, 0.29) is 11.4 Å². The predicted octanol–water partition coefficient (Wildman–Crippen LogP) is 6.13. The summed E-state index contributed by atoms with van der Waals surface area (Å²) >= 11 is 0. The molecule has 0 aliphatic rings. The Bertz CT molecular complexity index is 1030. The summed E-state index contributed by atoms with van der Waals surface area (Å²) in [5.41, 5.74) is 3.25. The number of aromatic nitrogens is 1. The van der Waals surface area contributed by atoms with Gasteiger partial charge in [-0.25, -0.2) is 4.79 Å². The number of pyridine rings is 1. The van der Waals surface area contributed by atoms with Crippen LogP contribution in [0.2, 0.25) is 0 Å². The molecule has 30 heavy (non-hydrogen) atoms. The molecule has 1 heterocycles. The molecule has 0 saturated heterocycles. The van der Waals surface area contributed by atoms with Gasteiger partial charge in [0.15, 0.2) is 0 Å². The third-order valence-corrected chi connectivity index (χ3v) is 4.62. The first-order chi connectivity index (χ1) is 14.3. The lowest BCUT2D eigenvalue weighted by Gasteiger charge is -2.21. The molecule has 0 aliphatic carbocycles. The zero-order valence-electron chi connectivity index (χ0n) is 17.9. The molecule has 0 saturated carbocycles. The van der Waals surface area contributed by atoms with Crippen LogP contribution in [0.3, 0.4) is 0 Å². The minimum absolute atomic E-state index is 0.0407. The van der Waals surface area contributed by atoms with Crippen LogP contribution in [0.25, 0.3) is 0 Å². The van der Waals surface area contributed by atoms with Gasteiger partial charge in [-0.15, -0.1) is 0 Å². The van der Waals surface area contributed by atoms with E-state index >= 15 is 0 Å². The number of rotatable bonds is 5. The molecule has 0 bridgehead atoms. The maximum Gasteiger partial charge on any atom is 0.323 e. The summed E-state index contributed by atoms with van der Waals surface area (Å²) in [6.07, 6.45) is 3.35. The number of urea groups is 1. The van der Waals surface area contributed by atoms with Crippen molar-refractivity contribution in [2.24, 2.45) is 0 Å². The van der Waals surface area contributed by atoms with E-state index in [2.05, 4.69) is 36.4 Å². The molecule has 2 aromatic carbocycles. The Morgan fingerprint density at radius 1 is 0.933 bits per heavy atom. The van der Waals surface area contributed by atoms with Crippen molar-refractivity contribution in [3.05, 3.63) is 72.1 Å². The number of amides is 2. The monoisotopic (exact) mass is 405 g/mol. The topological polar surface area (TPSA) is 72.5 Å². The number of hydrogen-bond donors (Lipinski definition) is 2. The Morgan fingerprint density at radius 2 is 1.63 bits per heavy atom. The average molecular weight is 405 g/mol. The molecule has 1 aromatic heterocycles. The van der Waals surface area contributed by atoms with Crippen molar-refractivity contribution in [3.8, 4) is 17.2 Å². The van der Waals surface area contributed by atoms with Crippen molar-refractivity contribution in [3.63, 3.8) is 0 Å². The highest BCUT2D eigenvalue weighted by Crippen LogP contribution is 2.32. The molecule has 0 atom stereocenters. The molecule has 156 valence electrons. The quantitative estimate of drug-likeness (QED) is 0.535. The van der Waals surface area contributed by atoms with E-state index in [1.807, 2.05) is 37.3 Å². The van der Waals surface area contributed by atoms with Crippen molar-refractivity contribution in [1.29, 1.82) is 0 Å². The minimum atomic E-state index is -0.346. The summed E-state index contributed by atoms with van der Waals surface area (Å²) < 4.78 is 11.2. The number of nitrogens with zero attached hydrogens (tertiary/aromatic N) is 1. The Hall–Kier alpha value is -3.54. The first kappa shape index (κ1) is 21.2. The number of benzene rings is 2. The second-order valence-electron chi connectivity index (χ2n) is 8.01. The van der Waals surface area contributed by atoms with Crippen molar-refractivity contribution in [2.45, 2.75) is 33.1 Å². The number of anilines is 2. The number of hydrogen-bond acceptors (Lipinski definition) is 4. The Balaban J connectivity index is 1.71. The third kappa shape index (κ3) is 5.29. The van der Waals surface area contributed by atoms with Crippen molar-refractivity contribution < 1.29 is 14.3 Å². The van der Waals surface area contributed by atoms with Crippen LogP contribution in [0.15, 0.2) is 60.9 Å². The van der Waals surface area contributed by atoms with Gasteiger partial charge in [0, 0.05) is 18.1 Å². The first-order valence-corrected chi connectivity index (χ1v) is 9.71. The van der Waals surface area contributed by atoms with Gasteiger partial charge in [0.2, 0.25) is 0 Å². The predicted molar refractivity (Wildman–Crippen MR) is 120 cm³/mol. The van der Waals surface area contributed by atoms with Crippen molar-refractivity contribution >= 4 is 17.4 Å². The second-order valence-corrected chi connectivity index (χ2v) is 8.01.